The number of pyridine rings is 1. The molecule has 1 amide bonds. The Bertz CT molecular complexity index is 1550. The molecule has 0 aromatic carbocycles. The molecule has 5 N–H and O–H groups in total. The first kappa shape index (κ1) is 24.6. The maximum Gasteiger partial charge on any atom is 0.289 e. The van der Waals surface area contributed by atoms with E-state index in [1.807, 2.05) is 12.1 Å². The molecule has 0 atom stereocenters. The number of nitrogens with two attached hydrogens (primary N) is 2. The Labute approximate surface area is 217 Å². The lowest BCUT2D eigenvalue weighted by Crippen LogP contribution is -2.44. The summed E-state index contributed by atoms with van der Waals surface area (Å²) in [5.41, 5.74) is 16.4. The Kier molecular flexibility index (Phi) is 6.56. The molecule has 1 aliphatic rings. The molecule has 4 aromatic heterocycles. The lowest BCUT2D eigenvalue weighted by atomic mass is 9.89. The normalized spacial score (nSPS) is 14.6. The van der Waals surface area contributed by atoms with Gasteiger partial charge in [0.15, 0.2) is 17.3 Å². The Hall–Kier alpha value is -5.07. The largest absolute Gasteiger partial charge is 0.383 e. The zero-order valence-electron chi connectivity index (χ0n) is 20.6. The van der Waals surface area contributed by atoms with Crippen molar-refractivity contribution in [2.45, 2.75) is 25.7 Å². The van der Waals surface area contributed by atoms with Crippen LogP contribution in [0.2, 0.25) is 0 Å². The number of anilines is 1. The predicted molar refractivity (Wildman–Crippen MR) is 141 cm³/mol. The highest BCUT2D eigenvalue weighted by Crippen LogP contribution is 2.34. The van der Waals surface area contributed by atoms with Crippen LogP contribution in [0.3, 0.4) is 0 Å². The molecular weight excluding hydrogens is 486 g/mol. The summed E-state index contributed by atoms with van der Waals surface area (Å²) in [5.74, 6) is -0.744. The van der Waals surface area contributed by atoms with E-state index in [-0.39, 0.29) is 23.4 Å². The number of Topliss-reactive ketones (excluding diaryl/α,β-unsaturated/α-hetero) is 1. The van der Waals surface area contributed by atoms with E-state index in [4.69, 9.17) is 21.9 Å². The average Bonchev–Trinajstić information content (AvgIpc) is 3.37. The van der Waals surface area contributed by atoms with Crippen molar-refractivity contribution in [1.82, 2.24) is 34.4 Å². The fourth-order valence-corrected chi connectivity index (χ4v) is 4.67. The van der Waals surface area contributed by atoms with Crippen LogP contribution in [0, 0.1) is 5.41 Å². The summed E-state index contributed by atoms with van der Waals surface area (Å²) in [5, 5.41) is 11.4. The summed E-state index contributed by atoms with van der Waals surface area (Å²) in [6, 6.07) is 3.74. The van der Waals surface area contributed by atoms with Crippen molar-refractivity contribution in [1.29, 1.82) is 5.41 Å². The lowest BCUT2D eigenvalue weighted by molar-refractivity contribution is -0.125. The highest BCUT2D eigenvalue weighted by molar-refractivity contribution is 6.38. The maximum atomic E-state index is 12.7. The molecule has 0 radical (unpaired) electrons. The zero-order valence-corrected chi connectivity index (χ0v) is 20.6. The van der Waals surface area contributed by atoms with Gasteiger partial charge in [-0.25, -0.2) is 9.98 Å². The number of piperidine rings is 1. The second kappa shape index (κ2) is 10.1. The van der Waals surface area contributed by atoms with Gasteiger partial charge in [0, 0.05) is 48.7 Å². The number of nitrogen functional groups attached to an aromatic ring is 1. The third-order valence-electron chi connectivity index (χ3n) is 6.55. The number of amidine groups is 1. The molecule has 0 bridgehead atoms. The van der Waals surface area contributed by atoms with Crippen LogP contribution in [0.25, 0.3) is 28.2 Å². The van der Waals surface area contributed by atoms with Gasteiger partial charge in [-0.2, -0.15) is 9.61 Å². The van der Waals surface area contributed by atoms with E-state index >= 15 is 0 Å². The summed E-state index contributed by atoms with van der Waals surface area (Å²) in [4.78, 5) is 48.1. The quantitative estimate of drug-likeness (QED) is 0.203. The Balaban J connectivity index is 1.49. The molecule has 0 spiro atoms. The molecule has 0 aliphatic carbocycles. The number of fused-ring (bicyclic) bond motifs is 1. The molecule has 1 aliphatic heterocycles. The standard InChI is InChI=1S/C25H25N11O2/c1-14(37)20-21(15-4-8-35(9-5-15)25(38)22(27)32-13-26)34-24-17(11-33-36(24)23(20)28)16-2-3-18(31-10-16)19-12-29-6-7-30-19/h2-3,6-7,10-13,15H,4-5,8-9,28H2,1H3,(H3,26,27,32). The molecule has 4 aromatic rings. The van der Waals surface area contributed by atoms with E-state index in [1.54, 1.807) is 35.9 Å². The highest BCUT2D eigenvalue weighted by Gasteiger charge is 2.31. The minimum absolute atomic E-state index is 0.106. The van der Waals surface area contributed by atoms with E-state index in [0.29, 0.717) is 54.2 Å². The SMILES string of the molecule is CC(=O)c1c(C2CCN(C(=O)C(N)=NC=N)CC2)nc2c(-c3ccc(-c4cnccn4)nc3)cnn2c1N. The van der Waals surface area contributed by atoms with E-state index < -0.39 is 5.91 Å². The van der Waals surface area contributed by atoms with E-state index in [9.17, 15) is 9.59 Å². The molecular formula is C25H25N11O2. The molecule has 0 unspecified atom stereocenters. The first-order valence-electron chi connectivity index (χ1n) is 11.9. The van der Waals surface area contributed by atoms with Crippen LogP contribution in [0.5, 0.6) is 0 Å². The Morgan fingerprint density at radius 2 is 1.89 bits per heavy atom. The van der Waals surface area contributed by atoms with Gasteiger partial charge in [0.2, 0.25) is 0 Å². The summed E-state index contributed by atoms with van der Waals surface area (Å²) in [6.07, 6.45) is 10.1. The van der Waals surface area contributed by atoms with Gasteiger partial charge in [-0.3, -0.25) is 30.0 Å². The van der Waals surface area contributed by atoms with E-state index in [1.165, 1.54) is 11.4 Å². The molecule has 1 fully saturated rings. The minimum atomic E-state index is -0.419. The van der Waals surface area contributed by atoms with Crippen molar-refractivity contribution in [3.63, 3.8) is 0 Å². The molecule has 0 saturated carbocycles. The number of ketones is 1. The third-order valence-corrected chi connectivity index (χ3v) is 6.55. The number of nitrogens with one attached hydrogen (secondary N) is 1. The average molecular weight is 512 g/mol. The smallest absolute Gasteiger partial charge is 0.289 e. The zero-order chi connectivity index (χ0) is 26.8. The molecule has 13 nitrogen and oxygen atoms in total. The number of rotatable bonds is 5. The second-order valence-electron chi connectivity index (χ2n) is 8.84. The van der Waals surface area contributed by atoms with Crippen LogP contribution in [0.15, 0.2) is 48.1 Å². The second-order valence-corrected chi connectivity index (χ2v) is 8.84. The number of aromatic nitrogens is 6. The van der Waals surface area contributed by atoms with E-state index in [2.05, 4.69) is 25.0 Å². The fourth-order valence-electron chi connectivity index (χ4n) is 4.67. The van der Waals surface area contributed by atoms with Crippen molar-refractivity contribution in [3.8, 4) is 22.5 Å². The van der Waals surface area contributed by atoms with Crippen molar-refractivity contribution in [3.05, 3.63) is 54.4 Å². The number of likely N-dealkylation sites (tertiary alicyclic amines) is 1. The topological polar surface area (TPSA) is 194 Å². The van der Waals surface area contributed by atoms with Crippen LogP contribution < -0.4 is 11.5 Å². The molecule has 5 rings (SSSR count). The number of hydrogen-bond acceptors (Lipinski definition) is 9. The van der Waals surface area contributed by atoms with Crippen LogP contribution in [-0.4, -0.2) is 71.4 Å². The molecule has 1 saturated heterocycles. The summed E-state index contributed by atoms with van der Waals surface area (Å²) < 4.78 is 1.47. The Morgan fingerprint density at radius 3 is 2.53 bits per heavy atom. The van der Waals surface area contributed by atoms with Gasteiger partial charge in [0.25, 0.3) is 5.91 Å². The number of nitrogens with zero attached hydrogens (tertiary/aromatic N) is 8. The highest BCUT2D eigenvalue weighted by atomic mass is 16.2. The number of carbonyl (C=O) groups is 2. The third kappa shape index (κ3) is 4.45. The summed E-state index contributed by atoms with van der Waals surface area (Å²) in [7, 11) is 0. The molecule has 38 heavy (non-hydrogen) atoms. The van der Waals surface area contributed by atoms with Gasteiger partial charge < -0.3 is 16.4 Å². The minimum Gasteiger partial charge on any atom is -0.383 e. The molecule has 5 heterocycles. The van der Waals surface area contributed by atoms with Gasteiger partial charge in [-0.15, -0.1) is 0 Å². The maximum absolute atomic E-state index is 12.7. The summed E-state index contributed by atoms with van der Waals surface area (Å²) in [6.45, 7) is 2.26. The van der Waals surface area contributed by atoms with Crippen molar-refractivity contribution in [2.24, 2.45) is 10.7 Å². The van der Waals surface area contributed by atoms with Gasteiger partial charge in [0.05, 0.1) is 29.3 Å². The number of amides is 1. The molecule has 192 valence electrons. The Morgan fingerprint density at radius 1 is 1.11 bits per heavy atom. The van der Waals surface area contributed by atoms with Gasteiger partial charge in [0.1, 0.15) is 17.9 Å². The van der Waals surface area contributed by atoms with Crippen LogP contribution >= 0.6 is 0 Å². The van der Waals surface area contributed by atoms with Gasteiger partial charge in [-0.1, -0.05) is 6.07 Å². The molecule has 13 heteroatoms. The number of hydrogen-bond donors (Lipinski definition) is 3. The fraction of sp³-hybridized carbons (Fsp3) is 0.240. The first-order valence-corrected chi connectivity index (χ1v) is 11.9. The number of aliphatic imine (C=N–C) groups is 1. The number of carbonyl (C=O) groups excluding carboxylic acids is 2. The van der Waals surface area contributed by atoms with Gasteiger partial charge >= 0.3 is 0 Å². The van der Waals surface area contributed by atoms with Crippen molar-refractivity contribution >= 4 is 35.3 Å². The van der Waals surface area contributed by atoms with Crippen molar-refractivity contribution < 1.29 is 9.59 Å². The van der Waals surface area contributed by atoms with Crippen molar-refractivity contribution in [2.75, 3.05) is 18.8 Å². The van der Waals surface area contributed by atoms with Crippen LogP contribution in [0.1, 0.15) is 41.7 Å². The summed E-state index contributed by atoms with van der Waals surface area (Å²) >= 11 is 0. The van der Waals surface area contributed by atoms with Gasteiger partial charge in [-0.05, 0) is 25.8 Å². The predicted octanol–water partition coefficient (Wildman–Crippen LogP) is 1.70. The van der Waals surface area contributed by atoms with Crippen LogP contribution in [-0.2, 0) is 4.79 Å². The lowest BCUT2D eigenvalue weighted by Gasteiger charge is -2.32. The first-order chi connectivity index (χ1) is 18.4. The van der Waals surface area contributed by atoms with Crippen LogP contribution in [0.4, 0.5) is 5.82 Å². The van der Waals surface area contributed by atoms with E-state index in [0.717, 1.165) is 17.5 Å². The monoisotopic (exact) mass is 511 g/mol.